The van der Waals surface area contributed by atoms with E-state index in [2.05, 4.69) is 29.5 Å². The van der Waals surface area contributed by atoms with E-state index in [4.69, 9.17) is 4.74 Å². The van der Waals surface area contributed by atoms with E-state index in [1.807, 2.05) is 47.7 Å². The lowest BCUT2D eigenvalue weighted by molar-refractivity contribution is -0.131. The zero-order valence-electron chi connectivity index (χ0n) is 17.0. The van der Waals surface area contributed by atoms with Gasteiger partial charge in [0.2, 0.25) is 11.1 Å². The molecule has 7 nitrogen and oxygen atoms in total. The smallest absolute Gasteiger partial charge is 0.238 e. The van der Waals surface area contributed by atoms with Crippen LogP contribution in [0.15, 0.2) is 29.4 Å². The van der Waals surface area contributed by atoms with Gasteiger partial charge in [0.15, 0.2) is 0 Å². The molecule has 2 atom stereocenters. The topological polar surface area (TPSA) is 72.3 Å². The first-order valence-corrected chi connectivity index (χ1v) is 10.8. The first-order valence-electron chi connectivity index (χ1n) is 9.95. The Bertz CT molecular complexity index is 786. The Balaban J connectivity index is 1.93. The van der Waals surface area contributed by atoms with Crippen LogP contribution < -0.4 is 10.2 Å². The molecule has 3 rings (SSSR count). The summed E-state index contributed by atoms with van der Waals surface area (Å²) < 4.78 is 7.44. The highest BCUT2D eigenvalue weighted by Gasteiger charge is 2.39. The molecule has 1 aliphatic heterocycles. The number of aromatic nitrogens is 3. The number of rotatable bonds is 8. The summed E-state index contributed by atoms with van der Waals surface area (Å²) in [5.74, 6) is 1.76. The van der Waals surface area contributed by atoms with E-state index in [0.717, 1.165) is 48.2 Å². The molecule has 0 saturated carbocycles. The van der Waals surface area contributed by atoms with Crippen LogP contribution in [0.3, 0.4) is 0 Å². The van der Waals surface area contributed by atoms with Crippen molar-refractivity contribution >= 4 is 17.7 Å². The molecule has 0 radical (unpaired) electrons. The van der Waals surface area contributed by atoms with Crippen LogP contribution in [0.1, 0.15) is 51.0 Å². The van der Waals surface area contributed by atoms with Gasteiger partial charge in [0.1, 0.15) is 16.8 Å². The molecule has 0 saturated heterocycles. The SMILES string of the molecule is CCCN(CCC)C(=O)[C@@H]1Sc2nnc(C)n2N[C@H]1c1ccc(OCC)cc1. The van der Waals surface area contributed by atoms with Gasteiger partial charge in [0, 0.05) is 13.1 Å². The Morgan fingerprint density at radius 3 is 2.46 bits per heavy atom. The molecule has 0 spiro atoms. The average molecular weight is 404 g/mol. The fraction of sp³-hybridized carbons (Fsp3) is 0.550. The summed E-state index contributed by atoms with van der Waals surface area (Å²) in [7, 11) is 0. The number of aryl methyl sites for hydroxylation is 1. The third-order valence-electron chi connectivity index (χ3n) is 4.69. The van der Waals surface area contributed by atoms with E-state index in [0.29, 0.717) is 6.61 Å². The van der Waals surface area contributed by atoms with Crippen LogP contribution in [0, 0.1) is 6.92 Å². The minimum Gasteiger partial charge on any atom is -0.494 e. The molecular formula is C20H29N5O2S. The fourth-order valence-electron chi connectivity index (χ4n) is 3.39. The number of hydrogen-bond acceptors (Lipinski definition) is 6. The molecule has 1 aliphatic rings. The van der Waals surface area contributed by atoms with E-state index in [1.165, 1.54) is 11.8 Å². The number of amides is 1. The molecule has 0 aliphatic carbocycles. The van der Waals surface area contributed by atoms with Crippen molar-refractivity contribution in [2.75, 3.05) is 25.1 Å². The van der Waals surface area contributed by atoms with Gasteiger partial charge in [-0.3, -0.25) is 4.79 Å². The molecular weight excluding hydrogens is 374 g/mol. The molecule has 0 fully saturated rings. The van der Waals surface area contributed by atoms with Crippen molar-refractivity contribution in [3.05, 3.63) is 35.7 Å². The summed E-state index contributed by atoms with van der Waals surface area (Å²) in [4.78, 5) is 15.4. The van der Waals surface area contributed by atoms with Gasteiger partial charge in [0.05, 0.1) is 12.6 Å². The lowest BCUT2D eigenvalue weighted by Gasteiger charge is -2.35. The largest absolute Gasteiger partial charge is 0.494 e. The maximum Gasteiger partial charge on any atom is 0.238 e. The number of carbonyl (C=O) groups is 1. The number of thioether (sulfide) groups is 1. The molecule has 2 heterocycles. The van der Waals surface area contributed by atoms with Crippen molar-refractivity contribution in [2.45, 2.75) is 57.0 Å². The third-order valence-corrected chi connectivity index (χ3v) is 5.89. The summed E-state index contributed by atoms with van der Waals surface area (Å²) in [5, 5.41) is 8.82. The van der Waals surface area contributed by atoms with Crippen molar-refractivity contribution in [3.8, 4) is 5.75 Å². The van der Waals surface area contributed by atoms with Crippen LogP contribution >= 0.6 is 11.8 Å². The Hall–Kier alpha value is -2.22. The number of fused-ring (bicyclic) bond motifs is 1. The zero-order chi connectivity index (χ0) is 20.1. The minimum atomic E-state index is -0.299. The Kier molecular flexibility index (Phi) is 6.83. The molecule has 1 amide bonds. The van der Waals surface area contributed by atoms with Crippen LogP contribution in [0.2, 0.25) is 0 Å². The van der Waals surface area contributed by atoms with Crippen molar-refractivity contribution < 1.29 is 9.53 Å². The molecule has 8 heteroatoms. The second kappa shape index (κ2) is 9.32. The average Bonchev–Trinajstić information content (AvgIpc) is 3.07. The van der Waals surface area contributed by atoms with Gasteiger partial charge in [-0.1, -0.05) is 37.7 Å². The van der Waals surface area contributed by atoms with Crippen molar-refractivity contribution in [2.24, 2.45) is 0 Å². The standard InChI is InChI=1S/C20H29N5O2S/c1-5-12-24(13-6-2)19(26)18-17(15-8-10-16(11-9-15)27-7-3)23-25-14(4)21-22-20(25)28-18/h8-11,17-18,23H,5-7,12-13H2,1-4H3/t17-,18+/m0/s1. The van der Waals surface area contributed by atoms with E-state index >= 15 is 0 Å². The van der Waals surface area contributed by atoms with Crippen molar-refractivity contribution in [1.82, 2.24) is 19.8 Å². The highest BCUT2D eigenvalue weighted by atomic mass is 32.2. The highest BCUT2D eigenvalue weighted by molar-refractivity contribution is 8.00. The van der Waals surface area contributed by atoms with Crippen LogP contribution in [0.5, 0.6) is 5.75 Å². The van der Waals surface area contributed by atoms with Gasteiger partial charge in [-0.25, -0.2) is 4.68 Å². The quantitative estimate of drug-likeness (QED) is 0.728. The molecule has 1 aromatic carbocycles. The van der Waals surface area contributed by atoms with Crippen LogP contribution in [-0.4, -0.2) is 50.6 Å². The predicted molar refractivity (Wildman–Crippen MR) is 111 cm³/mol. The van der Waals surface area contributed by atoms with Crippen molar-refractivity contribution in [3.63, 3.8) is 0 Å². The number of ether oxygens (including phenoxy) is 1. The number of hydrogen-bond donors (Lipinski definition) is 1. The monoisotopic (exact) mass is 403 g/mol. The fourth-order valence-corrected chi connectivity index (χ4v) is 4.60. The van der Waals surface area contributed by atoms with E-state index in [9.17, 15) is 4.79 Å². The van der Waals surface area contributed by atoms with Crippen LogP contribution in [-0.2, 0) is 4.79 Å². The van der Waals surface area contributed by atoms with Gasteiger partial charge in [-0.05, 0) is 44.4 Å². The third kappa shape index (κ3) is 4.27. The van der Waals surface area contributed by atoms with E-state index < -0.39 is 0 Å². The predicted octanol–water partition coefficient (Wildman–Crippen LogP) is 3.39. The summed E-state index contributed by atoms with van der Waals surface area (Å²) in [6.45, 7) is 10.2. The maximum absolute atomic E-state index is 13.4. The molecule has 1 aromatic heterocycles. The molecule has 1 N–H and O–H groups in total. The van der Waals surface area contributed by atoms with Gasteiger partial charge >= 0.3 is 0 Å². The summed E-state index contributed by atoms with van der Waals surface area (Å²) >= 11 is 1.49. The van der Waals surface area contributed by atoms with Crippen LogP contribution in [0.4, 0.5) is 0 Å². The number of nitrogens with zero attached hydrogens (tertiary/aromatic N) is 4. The normalized spacial score (nSPS) is 18.3. The lowest BCUT2D eigenvalue weighted by Crippen LogP contribution is -2.46. The second-order valence-electron chi connectivity index (χ2n) is 6.84. The summed E-state index contributed by atoms with van der Waals surface area (Å²) in [5.41, 5.74) is 4.51. The number of carbonyl (C=O) groups excluding carboxylic acids is 1. The molecule has 152 valence electrons. The van der Waals surface area contributed by atoms with E-state index in [1.54, 1.807) is 0 Å². The molecule has 28 heavy (non-hydrogen) atoms. The Morgan fingerprint density at radius 1 is 1.18 bits per heavy atom. The Morgan fingerprint density at radius 2 is 1.86 bits per heavy atom. The second-order valence-corrected chi connectivity index (χ2v) is 7.95. The first-order chi connectivity index (χ1) is 13.6. The summed E-state index contributed by atoms with van der Waals surface area (Å²) in [6.07, 6.45) is 1.89. The molecule has 0 unspecified atom stereocenters. The van der Waals surface area contributed by atoms with Gasteiger partial charge in [0.25, 0.3) is 0 Å². The van der Waals surface area contributed by atoms with Gasteiger partial charge < -0.3 is 15.1 Å². The number of nitrogens with one attached hydrogen (secondary N) is 1. The zero-order valence-corrected chi connectivity index (χ0v) is 17.8. The van der Waals surface area contributed by atoms with Crippen LogP contribution in [0.25, 0.3) is 0 Å². The van der Waals surface area contributed by atoms with Gasteiger partial charge in [-0.15, -0.1) is 10.2 Å². The maximum atomic E-state index is 13.4. The minimum absolute atomic E-state index is 0.145. The molecule has 0 bridgehead atoms. The highest BCUT2D eigenvalue weighted by Crippen LogP contribution is 2.38. The van der Waals surface area contributed by atoms with Crippen molar-refractivity contribution in [1.29, 1.82) is 0 Å². The number of benzene rings is 1. The van der Waals surface area contributed by atoms with E-state index in [-0.39, 0.29) is 17.2 Å². The molecule has 2 aromatic rings. The lowest BCUT2D eigenvalue weighted by atomic mass is 10.0. The summed E-state index contributed by atoms with van der Waals surface area (Å²) in [6, 6.07) is 7.79. The first kappa shape index (κ1) is 20.5. The van der Waals surface area contributed by atoms with Gasteiger partial charge in [-0.2, -0.15) is 0 Å². The Labute approximate surface area is 170 Å².